The highest BCUT2D eigenvalue weighted by Crippen LogP contribution is 2.59. The lowest BCUT2D eigenvalue weighted by molar-refractivity contribution is -0.165. The molecule has 0 aliphatic heterocycles. The zero-order valence-corrected chi connectivity index (χ0v) is 20.1. The standard InChI is InChI=1S/C24H21F4N7O3/c1-35-12-17(21(33-35)37-2)31-22-29-10-15(11-30-22)13-3-4-14(16(25)7-13)8-20(36)32-19-9-18(38-34-19)23(5-6-23)24(26,27)28/h3-4,7,9-12H,5-6,8H2,1-2H3,(H,29,30,31)(H,32,34,36). The topological polar surface area (TPSA) is 120 Å². The fourth-order valence-electron chi connectivity index (χ4n) is 3.95. The Morgan fingerprint density at radius 1 is 1.18 bits per heavy atom. The van der Waals surface area contributed by atoms with Gasteiger partial charge in [0.2, 0.25) is 11.9 Å². The number of hydrogen-bond donors (Lipinski definition) is 2. The molecule has 1 saturated carbocycles. The van der Waals surface area contributed by atoms with E-state index in [0.717, 1.165) is 6.07 Å². The van der Waals surface area contributed by atoms with E-state index in [2.05, 4.69) is 30.9 Å². The molecule has 5 rings (SSSR count). The maximum atomic E-state index is 14.8. The fourth-order valence-corrected chi connectivity index (χ4v) is 3.95. The van der Waals surface area contributed by atoms with Gasteiger partial charge in [0.25, 0.3) is 5.88 Å². The molecule has 14 heteroatoms. The van der Waals surface area contributed by atoms with Crippen LogP contribution in [0.1, 0.15) is 24.2 Å². The van der Waals surface area contributed by atoms with Crippen LogP contribution in [0.25, 0.3) is 11.1 Å². The summed E-state index contributed by atoms with van der Waals surface area (Å²) in [6, 6.07) is 5.34. The molecule has 1 amide bonds. The summed E-state index contributed by atoms with van der Waals surface area (Å²) in [6.07, 6.45) is -0.295. The summed E-state index contributed by atoms with van der Waals surface area (Å²) in [5.41, 5.74) is -0.357. The Morgan fingerprint density at radius 2 is 1.92 bits per heavy atom. The van der Waals surface area contributed by atoms with Gasteiger partial charge in [0, 0.05) is 31.1 Å². The van der Waals surface area contributed by atoms with Crippen LogP contribution in [-0.2, 0) is 23.7 Å². The number of carbonyl (C=O) groups excluding carboxylic acids is 1. The third kappa shape index (κ3) is 4.88. The molecule has 0 bridgehead atoms. The zero-order chi connectivity index (χ0) is 27.1. The van der Waals surface area contributed by atoms with Crippen LogP contribution in [0.15, 0.2) is 47.4 Å². The largest absolute Gasteiger partial charge is 0.478 e. The van der Waals surface area contributed by atoms with Crippen LogP contribution in [0.5, 0.6) is 5.88 Å². The second kappa shape index (κ2) is 9.43. The highest BCUT2D eigenvalue weighted by Gasteiger charge is 2.66. The van der Waals surface area contributed by atoms with Crippen molar-refractivity contribution in [2.75, 3.05) is 17.7 Å². The number of anilines is 3. The van der Waals surface area contributed by atoms with Crippen LogP contribution in [0.2, 0.25) is 0 Å². The van der Waals surface area contributed by atoms with Gasteiger partial charge in [-0.3, -0.25) is 9.48 Å². The van der Waals surface area contributed by atoms with Gasteiger partial charge in [0.1, 0.15) is 16.9 Å². The monoisotopic (exact) mass is 531 g/mol. The molecule has 38 heavy (non-hydrogen) atoms. The summed E-state index contributed by atoms with van der Waals surface area (Å²) in [5.74, 6) is -1.15. The summed E-state index contributed by atoms with van der Waals surface area (Å²) >= 11 is 0. The second-order valence-electron chi connectivity index (χ2n) is 8.83. The first-order valence-corrected chi connectivity index (χ1v) is 11.4. The molecule has 1 aromatic carbocycles. The maximum Gasteiger partial charge on any atom is 0.401 e. The average molecular weight is 531 g/mol. The minimum absolute atomic E-state index is 0.0896. The summed E-state index contributed by atoms with van der Waals surface area (Å²) in [7, 11) is 3.23. The molecule has 2 N–H and O–H groups in total. The van der Waals surface area contributed by atoms with E-state index in [9.17, 15) is 22.4 Å². The molecule has 198 valence electrons. The van der Waals surface area contributed by atoms with Crippen molar-refractivity contribution in [1.82, 2.24) is 24.9 Å². The molecule has 1 aliphatic rings. The number of halogens is 4. The molecule has 3 aromatic heterocycles. The molecular weight excluding hydrogens is 510 g/mol. The van der Waals surface area contributed by atoms with Gasteiger partial charge in [-0.2, -0.15) is 13.2 Å². The van der Waals surface area contributed by atoms with Crippen LogP contribution in [-0.4, -0.2) is 44.1 Å². The molecule has 1 fully saturated rings. The van der Waals surface area contributed by atoms with Gasteiger partial charge in [-0.15, -0.1) is 5.10 Å². The lowest BCUT2D eigenvalue weighted by Gasteiger charge is -2.14. The fraction of sp³-hybridized carbons (Fsp3) is 0.292. The predicted molar refractivity (Wildman–Crippen MR) is 126 cm³/mol. The smallest absolute Gasteiger partial charge is 0.401 e. The number of aromatic nitrogens is 5. The average Bonchev–Trinajstić information content (AvgIpc) is 3.45. The number of amides is 1. The number of methoxy groups -OCH3 is 1. The van der Waals surface area contributed by atoms with Crippen molar-refractivity contribution in [2.24, 2.45) is 7.05 Å². The first kappa shape index (κ1) is 25.2. The highest BCUT2D eigenvalue weighted by atomic mass is 19.4. The Hall–Kier alpha value is -4.49. The van der Waals surface area contributed by atoms with E-state index < -0.39 is 23.3 Å². The van der Waals surface area contributed by atoms with Crippen molar-refractivity contribution in [1.29, 1.82) is 0 Å². The number of ether oxygens (including phenoxy) is 1. The molecule has 0 spiro atoms. The number of alkyl halides is 3. The first-order chi connectivity index (χ1) is 18.1. The summed E-state index contributed by atoms with van der Waals surface area (Å²) in [4.78, 5) is 20.8. The van der Waals surface area contributed by atoms with Crippen LogP contribution in [0.3, 0.4) is 0 Å². The Kier molecular flexibility index (Phi) is 6.25. The number of benzene rings is 1. The predicted octanol–water partition coefficient (Wildman–Crippen LogP) is 4.53. The van der Waals surface area contributed by atoms with Crippen molar-refractivity contribution < 1.29 is 31.6 Å². The number of hydrogen-bond acceptors (Lipinski definition) is 8. The van der Waals surface area contributed by atoms with E-state index in [1.165, 1.54) is 31.6 Å². The van der Waals surface area contributed by atoms with Crippen molar-refractivity contribution in [3.63, 3.8) is 0 Å². The third-order valence-corrected chi connectivity index (χ3v) is 6.17. The Labute approximate surface area is 213 Å². The number of nitrogens with zero attached hydrogens (tertiary/aromatic N) is 5. The van der Waals surface area contributed by atoms with E-state index in [1.807, 2.05) is 0 Å². The lowest BCUT2D eigenvalue weighted by Crippen LogP contribution is -2.28. The van der Waals surface area contributed by atoms with Crippen LogP contribution < -0.4 is 15.4 Å². The van der Waals surface area contributed by atoms with E-state index in [4.69, 9.17) is 9.26 Å². The Bertz CT molecular complexity index is 1480. The SMILES string of the molecule is COc1nn(C)cc1Nc1ncc(-c2ccc(CC(=O)Nc3cc(C4(C(F)(F)F)CC4)on3)c(F)c2)cn1. The summed E-state index contributed by atoms with van der Waals surface area (Å²) in [5, 5.41) is 13.0. The summed E-state index contributed by atoms with van der Waals surface area (Å²) < 4.78 is 66.1. The van der Waals surface area contributed by atoms with Crippen molar-refractivity contribution in [2.45, 2.75) is 30.9 Å². The Morgan fingerprint density at radius 3 is 2.55 bits per heavy atom. The van der Waals surface area contributed by atoms with Gasteiger partial charge in [-0.1, -0.05) is 17.3 Å². The van der Waals surface area contributed by atoms with E-state index in [0.29, 0.717) is 22.7 Å². The highest BCUT2D eigenvalue weighted by molar-refractivity contribution is 5.91. The van der Waals surface area contributed by atoms with Gasteiger partial charge in [0.15, 0.2) is 11.6 Å². The second-order valence-corrected chi connectivity index (χ2v) is 8.83. The van der Waals surface area contributed by atoms with Gasteiger partial charge >= 0.3 is 6.18 Å². The molecule has 3 heterocycles. The normalized spacial score (nSPS) is 14.3. The minimum atomic E-state index is -4.46. The van der Waals surface area contributed by atoms with Gasteiger partial charge in [0.05, 0.1) is 19.7 Å². The number of carbonyl (C=O) groups is 1. The number of aryl methyl sites for hydroxylation is 1. The first-order valence-electron chi connectivity index (χ1n) is 11.4. The minimum Gasteiger partial charge on any atom is -0.478 e. The van der Waals surface area contributed by atoms with Crippen molar-refractivity contribution in [3.8, 4) is 17.0 Å². The third-order valence-electron chi connectivity index (χ3n) is 6.17. The maximum absolute atomic E-state index is 14.8. The molecule has 4 aromatic rings. The molecule has 10 nitrogen and oxygen atoms in total. The molecule has 0 saturated heterocycles. The van der Waals surface area contributed by atoms with E-state index in [1.54, 1.807) is 24.0 Å². The van der Waals surface area contributed by atoms with Crippen LogP contribution >= 0.6 is 0 Å². The van der Waals surface area contributed by atoms with E-state index >= 15 is 0 Å². The number of rotatable bonds is 8. The zero-order valence-electron chi connectivity index (χ0n) is 20.1. The number of nitrogens with one attached hydrogen (secondary N) is 2. The lowest BCUT2D eigenvalue weighted by atomic mass is 10.0. The summed E-state index contributed by atoms with van der Waals surface area (Å²) in [6.45, 7) is 0. The van der Waals surface area contributed by atoms with Gasteiger partial charge in [-0.25, -0.2) is 14.4 Å². The molecule has 1 aliphatic carbocycles. The van der Waals surface area contributed by atoms with Gasteiger partial charge < -0.3 is 19.9 Å². The Balaban J connectivity index is 1.22. The van der Waals surface area contributed by atoms with Crippen molar-refractivity contribution >= 4 is 23.4 Å². The molecule has 0 atom stereocenters. The van der Waals surface area contributed by atoms with Crippen LogP contribution in [0, 0.1) is 5.82 Å². The molecule has 0 radical (unpaired) electrons. The quantitative estimate of drug-likeness (QED) is 0.318. The van der Waals surface area contributed by atoms with Crippen LogP contribution in [0.4, 0.5) is 35.0 Å². The van der Waals surface area contributed by atoms with Crippen molar-refractivity contribution in [3.05, 3.63) is 60.0 Å². The van der Waals surface area contributed by atoms with Gasteiger partial charge in [-0.05, 0) is 30.0 Å². The molecule has 0 unspecified atom stereocenters. The molecular formula is C24H21F4N7O3. The van der Waals surface area contributed by atoms with E-state index in [-0.39, 0.29) is 42.4 Å².